The fourth-order valence-corrected chi connectivity index (χ4v) is 2.49. The lowest BCUT2D eigenvalue weighted by atomic mass is 9.98. The van der Waals surface area contributed by atoms with E-state index in [0.717, 1.165) is 0 Å². The van der Waals surface area contributed by atoms with Crippen LogP contribution >= 0.6 is 0 Å². The average Bonchev–Trinajstić information content (AvgIpc) is 2.55. The van der Waals surface area contributed by atoms with E-state index in [0.29, 0.717) is 36.5 Å². The van der Waals surface area contributed by atoms with Gasteiger partial charge in [0.15, 0.2) is 0 Å². The molecule has 1 unspecified atom stereocenters. The van der Waals surface area contributed by atoms with Gasteiger partial charge < -0.3 is 20.1 Å². The molecule has 0 aliphatic carbocycles. The molecule has 0 saturated carbocycles. The Morgan fingerprint density at radius 2 is 1.96 bits per heavy atom. The summed E-state index contributed by atoms with van der Waals surface area (Å²) in [5.41, 5.74) is 0.365. The summed E-state index contributed by atoms with van der Waals surface area (Å²) in [4.78, 5) is 35.4. The van der Waals surface area contributed by atoms with E-state index in [2.05, 4.69) is 16.0 Å². The quantitative estimate of drug-likeness (QED) is 0.762. The van der Waals surface area contributed by atoms with Crippen molar-refractivity contribution in [3.05, 3.63) is 18.2 Å². The van der Waals surface area contributed by atoms with Gasteiger partial charge >= 0.3 is 6.09 Å². The number of nitrogens with one attached hydrogen (secondary N) is 3. The van der Waals surface area contributed by atoms with Crippen molar-refractivity contribution in [2.24, 2.45) is 5.92 Å². The highest BCUT2D eigenvalue weighted by atomic mass is 16.6. The second kappa shape index (κ2) is 8.07. The molecule has 1 atom stereocenters. The van der Waals surface area contributed by atoms with Crippen molar-refractivity contribution >= 4 is 29.3 Å². The molecule has 1 aliphatic heterocycles. The Morgan fingerprint density at radius 3 is 2.54 bits per heavy atom. The van der Waals surface area contributed by atoms with Crippen LogP contribution in [0.25, 0.3) is 0 Å². The van der Waals surface area contributed by atoms with Gasteiger partial charge in [-0.25, -0.2) is 4.79 Å². The maximum absolute atomic E-state index is 12.3. The molecule has 1 aromatic rings. The van der Waals surface area contributed by atoms with E-state index in [-0.39, 0.29) is 17.7 Å². The van der Waals surface area contributed by atoms with Crippen LogP contribution in [0.15, 0.2) is 18.2 Å². The van der Waals surface area contributed by atoms with Gasteiger partial charge in [-0.15, -0.1) is 0 Å². The Hall–Kier alpha value is -2.77. The van der Waals surface area contributed by atoms with Gasteiger partial charge in [0.2, 0.25) is 11.8 Å². The molecule has 8 nitrogen and oxygen atoms in total. The number of hydrogen-bond donors (Lipinski definition) is 3. The molecule has 1 heterocycles. The zero-order valence-electron chi connectivity index (χ0n) is 15.5. The first-order valence-corrected chi connectivity index (χ1v) is 8.43. The van der Waals surface area contributed by atoms with E-state index in [1.54, 1.807) is 39.0 Å². The molecular weight excluding hydrogens is 338 g/mol. The van der Waals surface area contributed by atoms with Crippen LogP contribution in [0, 0.1) is 5.92 Å². The molecule has 0 radical (unpaired) electrons. The zero-order valence-corrected chi connectivity index (χ0v) is 15.5. The summed E-state index contributed by atoms with van der Waals surface area (Å²) in [5, 5.41) is 8.11. The highest BCUT2D eigenvalue weighted by molar-refractivity contribution is 5.95. The fourth-order valence-electron chi connectivity index (χ4n) is 2.49. The van der Waals surface area contributed by atoms with Crippen molar-refractivity contribution in [2.75, 3.05) is 24.3 Å². The van der Waals surface area contributed by atoms with Crippen LogP contribution in [-0.4, -0.2) is 37.2 Å². The van der Waals surface area contributed by atoms with Gasteiger partial charge in [0.05, 0.1) is 18.7 Å². The monoisotopic (exact) mass is 363 g/mol. The lowest BCUT2D eigenvalue weighted by Crippen LogP contribution is -2.40. The molecule has 1 aromatic carbocycles. The zero-order chi connectivity index (χ0) is 19.3. The topological polar surface area (TPSA) is 106 Å². The number of amides is 3. The third-order valence-electron chi connectivity index (χ3n) is 3.74. The van der Waals surface area contributed by atoms with Gasteiger partial charge in [-0.3, -0.25) is 14.9 Å². The van der Waals surface area contributed by atoms with Gasteiger partial charge in [-0.2, -0.15) is 0 Å². The first-order valence-electron chi connectivity index (χ1n) is 8.43. The third kappa shape index (κ3) is 5.65. The van der Waals surface area contributed by atoms with E-state index in [1.807, 2.05) is 0 Å². The predicted octanol–water partition coefficient (Wildman–Crippen LogP) is 2.51. The number of methoxy groups -OCH3 is 1. The van der Waals surface area contributed by atoms with Gasteiger partial charge in [0.1, 0.15) is 11.4 Å². The Balaban J connectivity index is 2.02. The van der Waals surface area contributed by atoms with Crippen LogP contribution in [0.4, 0.5) is 16.2 Å². The van der Waals surface area contributed by atoms with E-state index < -0.39 is 11.7 Å². The molecule has 1 fully saturated rings. The van der Waals surface area contributed by atoms with Crippen LogP contribution in [0.5, 0.6) is 5.75 Å². The lowest BCUT2D eigenvalue weighted by molar-refractivity contribution is -0.126. The standard InChI is InChI=1S/C18H25N3O5/c1-18(2,3)26-17(24)21-13-7-6-12(9-14(13)25-4)20-16(23)11-5-8-15(22)19-10-11/h6-7,9,11H,5,8,10H2,1-4H3,(H,19,22)(H,20,23)(H,21,24). The smallest absolute Gasteiger partial charge is 0.412 e. The van der Waals surface area contributed by atoms with E-state index in [4.69, 9.17) is 9.47 Å². The number of carbonyl (C=O) groups excluding carboxylic acids is 3. The number of rotatable bonds is 4. The molecule has 26 heavy (non-hydrogen) atoms. The van der Waals surface area contributed by atoms with Crippen molar-refractivity contribution in [1.82, 2.24) is 5.32 Å². The maximum atomic E-state index is 12.3. The molecule has 2 rings (SSSR count). The molecule has 1 aliphatic rings. The minimum atomic E-state index is -0.610. The van der Waals surface area contributed by atoms with Gasteiger partial charge in [-0.1, -0.05) is 0 Å². The summed E-state index contributed by atoms with van der Waals surface area (Å²) < 4.78 is 10.5. The van der Waals surface area contributed by atoms with Gasteiger partial charge in [0, 0.05) is 24.7 Å². The van der Waals surface area contributed by atoms with Crippen molar-refractivity contribution in [2.45, 2.75) is 39.2 Å². The largest absolute Gasteiger partial charge is 0.494 e. The van der Waals surface area contributed by atoms with Gasteiger partial charge in [0.25, 0.3) is 0 Å². The number of carbonyl (C=O) groups is 3. The van der Waals surface area contributed by atoms with E-state index in [9.17, 15) is 14.4 Å². The van der Waals surface area contributed by atoms with Crippen molar-refractivity contribution in [3.63, 3.8) is 0 Å². The summed E-state index contributed by atoms with van der Waals surface area (Å²) in [6.07, 6.45) is 0.276. The summed E-state index contributed by atoms with van der Waals surface area (Å²) >= 11 is 0. The normalized spacial score (nSPS) is 17.1. The molecule has 0 bridgehead atoms. The molecular formula is C18H25N3O5. The third-order valence-corrected chi connectivity index (χ3v) is 3.74. The van der Waals surface area contributed by atoms with Crippen LogP contribution < -0.4 is 20.7 Å². The average molecular weight is 363 g/mol. The van der Waals surface area contributed by atoms with Gasteiger partial charge in [-0.05, 0) is 39.3 Å². The summed E-state index contributed by atoms with van der Waals surface area (Å²) in [6.45, 7) is 5.66. The molecule has 1 saturated heterocycles. The molecule has 8 heteroatoms. The van der Waals surface area contributed by atoms with E-state index in [1.165, 1.54) is 7.11 Å². The van der Waals surface area contributed by atoms with Crippen molar-refractivity contribution in [1.29, 1.82) is 0 Å². The Morgan fingerprint density at radius 1 is 1.23 bits per heavy atom. The van der Waals surface area contributed by atoms with E-state index >= 15 is 0 Å². The minimum absolute atomic E-state index is 0.0340. The first-order chi connectivity index (χ1) is 12.2. The summed E-state index contributed by atoms with van der Waals surface area (Å²) in [7, 11) is 1.47. The number of ether oxygens (including phenoxy) is 2. The SMILES string of the molecule is COc1cc(NC(=O)C2CCC(=O)NC2)ccc1NC(=O)OC(C)(C)C. The second-order valence-corrected chi connectivity index (χ2v) is 7.07. The summed E-state index contributed by atoms with van der Waals surface area (Å²) in [5.74, 6) is -0.0722. The molecule has 0 aromatic heterocycles. The van der Waals surface area contributed by atoms with Crippen molar-refractivity contribution < 1.29 is 23.9 Å². The number of piperidine rings is 1. The fraction of sp³-hybridized carbons (Fsp3) is 0.500. The maximum Gasteiger partial charge on any atom is 0.412 e. The van der Waals surface area contributed by atoms with Crippen LogP contribution in [0.3, 0.4) is 0 Å². The lowest BCUT2D eigenvalue weighted by Gasteiger charge is -2.22. The predicted molar refractivity (Wildman–Crippen MR) is 97.2 cm³/mol. The number of anilines is 2. The Bertz CT molecular complexity index is 687. The highest BCUT2D eigenvalue weighted by Crippen LogP contribution is 2.29. The Labute approximate surface area is 152 Å². The van der Waals surface area contributed by atoms with Crippen LogP contribution in [0.2, 0.25) is 0 Å². The summed E-state index contributed by atoms with van der Waals surface area (Å²) in [6, 6.07) is 4.90. The number of benzene rings is 1. The molecule has 0 spiro atoms. The Kier molecular flexibility index (Phi) is 6.07. The van der Waals surface area contributed by atoms with Crippen LogP contribution in [0.1, 0.15) is 33.6 Å². The highest BCUT2D eigenvalue weighted by Gasteiger charge is 2.24. The number of hydrogen-bond acceptors (Lipinski definition) is 5. The molecule has 3 amide bonds. The second-order valence-electron chi connectivity index (χ2n) is 7.07. The first kappa shape index (κ1) is 19.6. The van der Waals surface area contributed by atoms with Crippen LogP contribution in [-0.2, 0) is 14.3 Å². The minimum Gasteiger partial charge on any atom is -0.494 e. The van der Waals surface area contributed by atoms with Crippen molar-refractivity contribution in [3.8, 4) is 5.75 Å². The molecule has 3 N–H and O–H groups in total. The molecule has 142 valence electrons.